The predicted molar refractivity (Wildman–Crippen MR) is 138 cm³/mol. The Morgan fingerprint density at radius 1 is 1.18 bits per heavy atom. The molecule has 194 valence electrons. The van der Waals surface area contributed by atoms with E-state index in [2.05, 4.69) is 20.3 Å². The van der Waals surface area contributed by atoms with E-state index in [1.807, 2.05) is 0 Å². The lowest BCUT2D eigenvalue weighted by atomic mass is 10.0. The number of halogens is 3. The van der Waals surface area contributed by atoms with Crippen LogP contribution in [0.4, 0.5) is 24.5 Å². The van der Waals surface area contributed by atoms with Gasteiger partial charge in [-0.15, -0.1) is 0 Å². The maximum absolute atomic E-state index is 14.6. The molecule has 0 amide bonds. The first-order valence-electron chi connectivity index (χ1n) is 11.8. The Bertz CT molecular complexity index is 1860. The number of aromatic nitrogens is 4. The summed E-state index contributed by atoms with van der Waals surface area (Å²) in [4.78, 5) is 38.2. The van der Waals surface area contributed by atoms with Crippen LogP contribution in [0.15, 0.2) is 41.6 Å². The zero-order valence-electron chi connectivity index (χ0n) is 20.3. The normalized spacial score (nSPS) is 15.1. The number of carboxylic acid groups (broad SMARTS) is 1. The Balaban J connectivity index is 1.69. The number of alkyl halides is 2. The summed E-state index contributed by atoms with van der Waals surface area (Å²) in [6.07, 6.45) is 3.82. The molecule has 1 aliphatic rings. The fraction of sp³-hybridized carbons (Fsp3) is 0.231. The Labute approximate surface area is 212 Å². The standard InChI is InChI=1S/C26H21F3N6O3/c1-30-18-7-13(27)6-14-19-21(35-4-3-26(28,29)11-35)16(9-31-23(19)33-20(14)18)12-5-15-22(36)17(25(37)38)10-34(2)24(15)32-8-12/h5-10,30H,3-4,11H2,1-2H3,(H,31,33)(H,37,38). The van der Waals surface area contributed by atoms with Gasteiger partial charge in [0.1, 0.15) is 22.7 Å². The number of hydrogen-bond donors (Lipinski definition) is 3. The lowest BCUT2D eigenvalue weighted by Crippen LogP contribution is -2.25. The molecular formula is C26H21F3N6O3. The number of anilines is 2. The second kappa shape index (κ2) is 8.20. The van der Waals surface area contributed by atoms with Crippen molar-refractivity contribution in [2.24, 2.45) is 7.05 Å². The van der Waals surface area contributed by atoms with E-state index in [9.17, 15) is 27.9 Å². The van der Waals surface area contributed by atoms with E-state index in [-0.39, 0.29) is 24.0 Å². The quantitative estimate of drug-likeness (QED) is 0.321. The largest absolute Gasteiger partial charge is 0.477 e. The van der Waals surface area contributed by atoms with Gasteiger partial charge in [0.2, 0.25) is 5.43 Å². The molecule has 38 heavy (non-hydrogen) atoms. The number of carbonyl (C=O) groups is 1. The third-order valence-corrected chi connectivity index (χ3v) is 6.98. The average molecular weight is 522 g/mol. The number of aromatic carboxylic acids is 1. The van der Waals surface area contributed by atoms with Gasteiger partial charge >= 0.3 is 5.97 Å². The van der Waals surface area contributed by atoms with Gasteiger partial charge < -0.3 is 24.9 Å². The molecule has 0 atom stereocenters. The molecule has 9 nitrogen and oxygen atoms in total. The van der Waals surface area contributed by atoms with Gasteiger partial charge in [-0.3, -0.25) is 4.79 Å². The molecule has 0 unspecified atom stereocenters. The van der Waals surface area contributed by atoms with E-state index >= 15 is 0 Å². The van der Waals surface area contributed by atoms with Crippen LogP contribution in [-0.2, 0) is 7.05 Å². The molecule has 0 bridgehead atoms. The van der Waals surface area contributed by atoms with Crippen LogP contribution in [0, 0.1) is 5.82 Å². The summed E-state index contributed by atoms with van der Waals surface area (Å²) < 4.78 is 44.9. The lowest BCUT2D eigenvalue weighted by molar-refractivity contribution is 0.0257. The third-order valence-electron chi connectivity index (χ3n) is 6.98. The number of hydrogen-bond acceptors (Lipinski definition) is 6. The molecular weight excluding hydrogens is 501 g/mol. The maximum Gasteiger partial charge on any atom is 0.341 e. The molecule has 4 aromatic heterocycles. The number of benzene rings is 1. The van der Waals surface area contributed by atoms with Crippen molar-refractivity contribution in [2.45, 2.75) is 12.3 Å². The van der Waals surface area contributed by atoms with Crippen LogP contribution in [0.2, 0.25) is 0 Å². The van der Waals surface area contributed by atoms with Crippen LogP contribution >= 0.6 is 0 Å². The van der Waals surface area contributed by atoms with E-state index in [1.54, 1.807) is 14.1 Å². The molecule has 0 radical (unpaired) electrons. The molecule has 12 heteroatoms. The Morgan fingerprint density at radius 3 is 2.66 bits per heavy atom. The van der Waals surface area contributed by atoms with Crippen molar-refractivity contribution >= 4 is 50.3 Å². The Morgan fingerprint density at radius 2 is 1.97 bits per heavy atom. The molecule has 5 aromatic rings. The molecule has 0 saturated carbocycles. The highest BCUT2D eigenvalue weighted by atomic mass is 19.3. The first-order chi connectivity index (χ1) is 18.1. The molecule has 0 aliphatic carbocycles. The van der Waals surface area contributed by atoms with Crippen molar-refractivity contribution in [2.75, 3.05) is 30.4 Å². The van der Waals surface area contributed by atoms with Gasteiger partial charge in [0, 0.05) is 62.2 Å². The predicted octanol–water partition coefficient (Wildman–Crippen LogP) is 4.35. The number of carboxylic acids is 1. The van der Waals surface area contributed by atoms with Gasteiger partial charge in [0.15, 0.2) is 0 Å². The smallest absolute Gasteiger partial charge is 0.341 e. The maximum atomic E-state index is 14.6. The van der Waals surface area contributed by atoms with Crippen LogP contribution in [0.5, 0.6) is 0 Å². The number of H-pyrrole nitrogens is 1. The minimum absolute atomic E-state index is 0.0475. The van der Waals surface area contributed by atoms with Gasteiger partial charge in [-0.25, -0.2) is 27.9 Å². The Hall–Kier alpha value is -4.61. The van der Waals surface area contributed by atoms with Crippen molar-refractivity contribution in [3.63, 3.8) is 0 Å². The summed E-state index contributed by atoms with van der Waals surface area (Å²) in [6.45, 7) is -0.502. The average Bonchev–Trinajstić information content (AvgIpc) is 3.44. The molecule has 1 aromatic carbocycles. The number of nitrogens with zero attached hydrogens (tertiary/aromatic N) is 4. The zero-order valence-corrected chi connectivity index (χ0v) is 20.3. The first-order valence-corrected chi connectivity index (χ1v) is 11.8. The second-order valence-corrected chi connectivity index (χ2v) is 9.41. The molecule has 1 fully saturated rings. The number of fused-ring (bicyclic) bond motifs is 4. The van der Waals surface area contributed by atoms with Crippen LogP contribution in [0.25, 0.3) is 44.1 Å². The monoisotopic (exact) mass is 522 g/mol. The van der Waals surface area contributed by atoms with Crippen LogP contribution in [0.1, 0.15) is 16.8 Å². The number of aromatic amines is 1. The minimum atomic E-state index is -2.92. The van der Waals surface area contributed by atoms with Gasteiger partial charge in [-0.2, -0.15) is 0 Å². The summed E-state index contributed by atoms with van der Waals surface area (Å²) >= 11 is 0. The van der Waals surface area contributed by atoms with Gasteiger partial charge in [0.25, 0.3) is 5.92 Å². The lowest BCUT2D eigenvalue weighted by Gasteiger charge is -2.23. The Kier molecular flexibility index (Phi) is 5.13. The third kappa shape index (κ3) is 3.55. The van der Waals surface area contributed by atoms with E-state index in [4.69, 9.17) is 0 Å². The fourth-order valence-corrected chi connectivity index (χ4v) is 5.24. The van der Waals surface area contributed by atoms with Crippen LogP contribution in [-0.4, -0.2) is 56.7 Å². The summed E-state index contributed by atoms with van der Waals surface area (Å²) in [7, 11) is 3.22. The van der Waals surface area contributed by atoms with E-state index in [0.717, 1.165) is 0 Å². The zero-order chi connectivity index (χ0) is 26.9. The molecule has 6 rings (SSSR count). The molecule has 1 aliphatic heterocycles. The number of nitrogens with one attached hydrogen (secondary N) is 2. The summed E-state index contributed by atoms with van der Waals surface area (Å²) in [5, 5.41) is 13.4. The molecule has 3 N–H and O–H groups in total. The van der Waals surface area contributed by atoms with Crippen LogP contribution < -0.4 is 15.6 Å². The fourth-order valence-electron chi connectivity index (χ4n) is 5.24. The van der Waals surface area contributed by atoms with Gasteiger partial charge in [-0.1, -0.05) is 0 Å². The van der Waals surface area contributed by atoms with Gasteiger partial charge in [-0.05, 0) is 18.2 Å². The highest BCUT2D eigenvalue weighted by molar-refractivity contribution is 6.18. The van der Waals surface area contributed by atoms with Crippen molar-refractivity contribution < 1.29 is 23.1 Å². The first kappa shape index (κ1) is 23.8. The number of pyridine rings is 3. The van der Waals surface area contributed by atoms with E-state index in [0.29, 0.717) is 44.4 Å². The van der Waals surface area contributed by atoms with E-state index < -0.39 is 35.2 Å². The molecule has 0 spiro atoms. The summed E-state index contributed by atoms with van der Waals surface area (Å²) in [5.41, 5.74) is 1.76. The summed E-state index contributed by atoms with van der Waals surface area (Å²) in [5.74, 6) is -4.81. The highest BCUT2D eigenvalue weighted by Crippen LogP contribution is 2.44. The second-order valence-electron chi connectivity index (χ2n) is 9.41. The van der Waals surface area contributed by atoms with Crippen molar-refractivity contribution in [1.82, 2.24) is 19.5 Å². The number of aryl methyl sites for hydroxylation is 1. The number of rotatable bonds is 4. The van der Waals surface area contributed by atoms with E-state index in [1.165, 1.54) is 46.3 Å². The van der Waals surface area contributed by atoms with Crippen molar-refractivity contribution in [3.8, 4) is 11.1 Å². The van der Waals surface area contributed by atoms with Crippen LogP contribution in [0.3, 0.4) is 0 Å². The topological polar surface area (TPSA) is 116 Å². The van der Waals surface area contributed by atoms with Crippen molar-refractivity contribution in [1.29, 1.82) is 0 Å². The van der Waals surface area contributed by atoms with Gasteiger partial charge in [0.05, 0.1) is 34.2 Å². The molecule has 5 heterocycles. The highest BCUT2D eigenvalue weighted by Gasteiger charge is 2.40. The SMILES string of the molecule is CNc1cc(F)cc2c1[nH]c1ncc(-c3cnc4c(c3)c(=O)c(C(=O)O)cn4C)c(N3CCC(F)(F)C3)c12. The minimum Gasteiger partial charge on any atom is -0.477 e. The molecule has 1 saturated heterocycles. The van der Waals surface area contributed by atoms with Crippen molar-refractivity contribution in [3.05, 3.63) is 58.4 Å². The summed E-state index contributed by atoms with van der Waals surface area (Å²) in [6, 6.07) is 4.14.